The summed E-state index contributed by atoms with van der Waals surface area (Å²) in [7, 11) is 1.70. The van der Waals surface area contributed by atoms with E-state index < -0.39 is 12.0 Å². The fraction of sp³-hybridized carbons (Fsp3) is 0.455. The van der Waals surface area contributed by atoms with E-state index in [0.717, 1.165) is 5.56 Å². The molecule has 0 unspecified atom stereocenters. The second-order valence-electron chi connectivity index (χ2n) is 3.82. The van der Waals surface area contributed by atoms with E-state index in [1.165, 1.54) is 6.92 Å². The second kappa shape index (κ2) is 6.36. The Hall–Kier alpha value is -1.40. The summed E-state index contributed by atoms with van der Waals surface area (Å²) < 4.78 is 0. The highest BCUT2D eigenvalue weighted by atomic mass is 32.1. The Morgan fingerprint density at radius 2 is 2.29 bits per heavy atom. The number of amides is 1. The molecule has 0 saturated heterocycles. The van der Waals surface area contributed by atoms with Crippen LogP contribution >= 0.6 is 11.3 Å². The summed E-state index contributed by atoms with van der Waals surface area (Å²) >= 11 is 1.58. The monoisotopic (exact) mass is 256 g/mol. The fourth-order valence-corrected chi connectivity index (χ4v) is 1.87. The van der Waals surface area contributed by atoms with Crippen LogP contribution in [0.2, 0.25) is 0 Å². The van der Waals surface area contributed by atoms with Gasteiger partial charge in [-0.3, -0.25) is 14.9 Å². The molecule has 0 bridgehead atoms. The molecule has 1 heterocycles. The van der Waals surface area contributed by atoms with Crippen molar-refractivity contribution in [3.8, 4) is 0 Å². The van der Waals surface area contributed by atoms with Crippen LogP contribution < -0.4 is 5.32 Å². The van der Waals surface area contributed by atoms with Gasteiger partial charge in [-0.15, -0.1) is 0 Å². The number of hydrogen-bond acceptors (Lipinski definition) is 4. The second-order valence-corrected chi connectivity index (χ2v) is 4.60. The van der Waals surface area contributed by atoms with E-state index in [9.17, 15) is 9.59 Å². The zero-order valence-corrected chi connectivity index (χ0v) is 10.7. The number of rotatable bonds is 6. The Bertz CT molecular complexity index is 378. The van der Waals surface area contributed by atoms with Gasteiger partial charge in [0, 0.05) is 13.6 Å². The van der Waals surface area contributed by atoms with E-state index in [4.69, 9.17) is 5.11 Å². The summed E-state index contributed by atoms with van der Waals surface area (Å²) in [5.41, 5.74) is 1.08. The van der Waals surface area contributed by atoms with E-state index in [1.807, 2.05) is 16.8 Å². The van der Waals surface area contributed by atoms with Crippen molar-refractivity contribution in [2.45, 2.75) is 19.5 Å². The van der Waals surface area contributed by atoms with Crippen LogP contribution in [0.5, 0.6) is 0 Å². The van der Waals surface area contributed by atoms with Crippen LogP contribution in [0.4, 0.5) is 0 Å². The summed E-state index contributed by atoms with van der Waals surface area (Å²) in [6, 6.07) is 1.25. The van der Waals surface area contributed by atoms with Gasteiger partial charge in [-0.25, -0.2) is 0 Å². The molecule has 0 aliphatic carbocycles. The van der Waals surface area contributed by atoms with Gasteiger partial charge >= 0.3 is 5.97 Å². The SMILES string of the molecule is C[C@H](NCC(=O)N(C)Cc1ccsc1)C(=O)O. The molecule has 1 atom stereocenters. The summed E-state index contributed by atoms with van der Waals surface area (Å²) in [6.45, 7) is 2.09. The first-order valence-corrected chi connectivity index (χ1v) is 6.16. The average Bonchev–Trinajstić information content (AvgIpc) is 2.77. The van der Waals surface area contributed by atoms with Gasteiger partial charge in [0.1, 0.15) is 6.04 Å². The largest absolute Gasteiger partial charge is 0.480 e. The first-order chi connectivity index (χ1) is 8.00. The molecular formula is C11H16N2O3S. The molecule has 0 fully saturated rings. The minimum absolute atomic E-state index is 0.0358. The normalized spacial score (nSPS) is 12.1. The topological polar surface area (TPSA) is 69.6 Å². The van der Waals surface area contributed by atoms with Crippen LogP contribution in [0.1, 0.15) is 12.5 Å². The van der Waals surface area contributed by atoms with Crippen LogP contribution in [-0.2, 0) is 16.1 Å². The van der Waals surface area contributed by atoms with Crippen molar-refractivity contribution in [1.29, 1.82) is 0 Å². The lowest BCUT2D eigenvalue weighted by atomic mass is 10.3. The van der Waals surface area contributed by atoms with Gasteiger partial charge in [-0.1, -0.05) is 0 Å². The number of aliphatic carboxylic acids is 1. The van der Waals surface area contributed by atoms with Crippen molar-refractivity contribution in [2.24, 2.45) is 0 Å². The van der Waals surface area contributed by atoms with Crippen LogP contribution in [0, 0.1) is 0 Å². The molecule has 0 aliphatic rings. The van der Waals surface area contributed by atoms with Crippen LogP contribution in [0.15, 0.2) is 16.8 Å². The number of carbonyl (C=O) groups is 2. The van der Waals surface area contributed by atoms with Crippen molar-refractivity contribution in [2.75, 3.05) is 13.6 Å². The Morgan fingerprint density at radius 1 is 1.59 bits per heavy atom. The van der Waals surface area contributed by atoms with E-state index in [0.29, 0.717) is 6.54 Å². The number of nitrogens with one attached hydrogen (secondary N) is 1. The Balaban J connectivity index is 2.34. The third-order valence-electron chi connectivity index (χ3n) is 2.36. The minimum Gasteiger partial charge on any atom is -0.480 e. The Morgan fingerprint density at radius 3 is 2.82 bits per heavy atom. The molecule has 1 aromatic heterocycles. The molecule has 0 radical (unpaired) electrons. The molecule has 17 heavy (non-hydrogen) atoms. The van der Waals surface area contributed by atoms with E-state index in [1.54, 1.807) is 23.3 Å². The number of thiophene rings is 1. The summed E-state index contributed by atoms with van der Waals surface area (Å²) in [5, 5.41) is 15.2. The van der Waals surface area contributed by atoms with Gasteiger partial charge in [0.25, 0.3) is 0 Å². The van der Waals surface area contributed by atoms with E-state index >= 15 is 0 Å². The van der Waals surface area contributed by atoms with Gasteiger partial charge in [-0.05, 0) is 29.3 Å². The van der Waals surface area contributed by atoms with E-state index in [-0.39, 0.29) is 12.5 Å². The van der Waals surface area contributed by atoms with Crippen LogP contribution in [0.25, 0.3) is 0 Å². The standard InChI is InChI=1S/C11H16N2O3S/c1-8(11(15)16)12-5-10(14)13(2)6-9-3-4-17-7-9/h3-4,7-8,12H,5-6H2,1-2H3,(H,15,16)/t8-/m0/s1. The average molecular weight is 256 g/mol. The molecule has 6 heteroatoms. The van der Waals surface area contributed by atoms with Crippen molar-refractivity contribution in [3.63, 3.8) is 0 Å². The molecular weight excluding hydrogens is 240 g/mol. The van der Waals surface area contributed by atoms with Gasteiger partial charge in [0.15, 0.2) is 0 Å². The molecule has 0 saturated carbocycles. The zero-order valence-electron chi connectivity index (χ0n) is 9.84. The highest BCUT2D eigenvalue weighted by Crippen LogP contribution is 2.08. The van der Waals surface area contributed by atoms with Gasteiger partial charge < -0.3 is 10.0 Å². The minimum atomic E-state index is -0.960. The number of nitrogens with zero attached hydrogens (tertiary/aromatic N) is 1. The van der Waals surface area contributed by atoms with E-state index in [2.05, 4.69) is 5.32 Å². The molecule has 0 aromatic carbocycles. The first kappa shape index (κ1) is 13.7. The smallest absolute Gasteiger partial charge is 0.320 e. The molecule has 5 nitrogen and oxygen atoms in total. The van der Waals surface area contributed by atoms with Crippen molar-refractivity contribution in [1.82, 2.24) is 10.2 Å². The third-order valence-corrected chi connectivity index (χ3v) is 3.09. The van der Waals surface area contributed by atoms with Crippen LogP contribution in [0.3, 0.4) is 0 Å². The van der Waals surface area contributed by atoms with Crippen LogP contribution in [-0.4, -0.2) is 41.5 Å². The zero-order chi connectivity index (χ0) is 12.8. The number of likely N-dealkylation sites (N-methyl/N-ethyl adjacent to an activating group) is 1. The van der Waals surface area contributed by atoms with Gasteiger partial charge in [0.05, 0.1) is 6.54 Å². The molecule has 1 amide bonds. The maximum Gasteiger partial charge on any atom is 0.320 e. The lowest BCUT2D eigenvalue weighted by molar-refractivity contribution is -0.139. The molecule has 0 spiro atoms. The fourth-order valence-electron chi connectivity index (χ4n) is 1.21. The van der Waals surface area contributed by atoms with Crippen molar-refractivity contribution in [3.05, 3.63) is 22.4 Å². The highest BCUT2D eigenvalue weighted by Gasteiger charge is 2.14. The highest BCUT2D eigenvalue weighted by molar-refractivity contribution is 7.07. The Labute approximate surface area is 104 Å². The number of hydrogen-bond donors (Lipinski definition) is 2. The third kappa shape index (κ3) is 4.54. The lowest BCUT2D eigenvalue weighted by Crippen LogP contribution is -2.41. The first-order valence-electron chi connectivity index (χ1n) is 5.22. The predicted octanol–water partition coefficient (Wildman–Crippen LogP) is 0.769. The molecule has 1 aromatic rings. The predicted molar refractivity (Wildman–Crippen MR) is 65.9 cm³/mol. The van der Waals surface area contributed by atoms with Gasteiger partial charge in [0.2, 0.25) is 5.91 Å². The quantitative estimate of drug-likeness (QED) is 0.788. The summed E-state index contributed by atoms with van der Waals surface area (Å²) in [5.74, 6) is -1.08. The lowest BCUT2D eigenvalue weighted by Gasteiger charge is -2.17. The molecule has 0 aliphatic heterocycles. The maximum absolute atomic E-state index is 11.7. The summed E-state index contributed by atoms with van der Waals surface area (Å²) in [6.07, 6.45) is 0. The number of carbonyl (C=O) groups excluding carboxylic acids is 1. The summed E-state index contributed by atoms with van der Waals surface area (Å²) in [4.78, 5) is 23.8. The molecule has 94 valence electrons. The number of carboxylic acid groups (broad SMARTS) is 1. The molecule has 1 rings (SSSR count). The van der Waals surface area contributed by atoms with Crippen molar-refractivity contribution < 1.29 is 14.7 Å². The number of carboxylic acids is 1. The Kier molecular flexibility index (Phi) is 5.11. The van der Waals surface area contributed by atoms with Gasteiger partial charge in [-0.2, -0.15) is 11.3 Å². The van der Waals surface area contributed by atoms with Crippen molar-refractivity contribution >= 4 is 23.2 Å². The maximum atomic E-state index is 11.7. The molecule has 2 N–H and O–H groups in total.